The highest BCUT2D eigenvalue weighted by Crippen LogP contribution is 2.34. The molecule has 0 unspecified atom stereocenters. The molecule has 2 aromatic heterocycles. The van der Waals surface area contributed by atoms with Crippen molar-refractivity contribution in [3.63, 3.8) is 0 Å². The molecule has 1 N–H and O–H groups in total. The molecule has 1 aliphatic rings. The first kappa shape index (κ1) is 30.3. The van der Waals surface area contributed by atoms with E-state index in [1.165, 1.54) is 23.4 Å². The van der Waals surface area contributed by atoms with Gasteiger partial charge in [-0.15, -0.1) is 10.2 Å². The Kier molecular flexibility index (Phi) is 8.93. The molecule has 13 heteroatoms. The Balaban J connectivity index is 1.25. The first-order valence-corrected chi connectivity index (χ1v) is 13.8. The van der Waals surface area contributed by atoms with Crippen molar-refractivity contribution in [2.75, 3.05) is 50.1 Å². The quantitative estimate of drug-likeness (QED) is 0.292. The van der Waals surface area contributed by atoms with Crippen molar-refractivity contribution in [2.45, 2.75) is 13.1 Å². The van der Waals surface area contributed by atoms with Gasteiger partial charge in [0.1, 0.15) is 11.5 Å². The number of benzene rings is 2. The summed E-state index contributed by atoms with van der Waals surface area (Å²) in [6.45, 7) is 3.44. The van der Waals surface area contributed by atoms with Crippen LogP contribution in [0.25, 0.3) is 11.1 Å². The van der Waals surface area contributed by atoms with Gasteiger partial charge in [0.25, 0.3) is 11.8 Å². The van der Waals surface area contributed by atoms with E-state index in [2.05, 4.69) is 20.5 Å². The van der Waals surface area contributed by atoms with E-state index in [1.807, 2.05) is 4.90 Å². The number of methoxy groups -OCH3 is 1. The molecule has 1 aliphatic heterocycles. The Morgan fingerprint density at radius 2 is 1.64 bits per heavy atom. The molecule has 1 fully saturated rings. The van der Waals surface area contributed by atoms with Crippen LogP contribution in [0.1, 0.15) is 33.3 Å². The summed E-state index contributed by atoms with van der Waals surface area (Å²) in [5, 5.41) is 11.0. The van der Waals surface area contributed by atoms with Crippen LogP contribution in [0.4, 0.5) is 24.7 Å². The van der Waals surface area contributed by atoms with Crippen molar-refractivity contribution < 1.29 is 32.2 Å². The smallest absolute Gasteiger partial charge is 0.416 e. The predicted octanol–water partition coefficient (Wildman–Crippen LogP) is 5.18. The minimum atomic E-state index is -4.65. The van der Waals surface area contributed by atoms with Crippen LogP contribution >= 0.6 is 0 Å². The van der Waals surface area contributed by atoms with Crippen LogP contribution in [0.2, 0.25) is 0 Å². The van der Waals surface area contributed by atoms with Crippen LogP contribution < -0.4 is 19.7 Å². The van der Waals surface area contributed by atoms with Gasteiger partial charge < -0.3 is 24.6 Å². The van der Waals surface area contributed by atoms with E-state index >= 15 is 0 Å². The maximum atomic E-state index is 13.8. The number of carbonyl (C=O) groups is 2. The minimum Gasteiger partial charge on any atom is -0.497 e. The topological polar surface area (TPSA) is 110 Å². The van der Waals surface area contributed by atoms with Gasteiger partial charge in [0.15, 0.2) is 11.5 Å². The average molecular weight is 607 g/mol. The van der Waals surface area contributed by atoms with E-state index in [9.17, 15) is 22.8 Å². The number of rotatable bonds is 8. The third kappa shape index (κ3) is 7.05. The highest BCUT2D eigenvalue weighted by molar-refractivity contribution is 6.02. The second kappa shape index (κ2) is 13.0. The van der Waals surface area contributed by atoms with Crippen LogP contribution in [0.5, 0.6) is 11.5 Å². The van der Waals surface area contributed by atoms with Gasteiger partial charge in [0, 0.05) is 49.2 Å². The Hall–Kier alpha value is -5.20. The number of nitrogens with one attached hydrogen (secondary N) is 1. The van der Waals surface area contributed by atoms with Gasteiger partial charge >= 0.3 is 6.18 Å². The van der Waals surface area contributed by atoms with Crippen molar-refractivity contribution in [3.8, 4) is 22.6 Å². The number of aromatic nitrogens is 3. The molecule has 0 saturated carbocycles. The molecule has 4 aromatic rings. The van der Waals surface area contributed by atoms with Gasteiger partial charge in [-0.2, -0.15) is 13.2 Å². The highest BCUT2D eigenvalue weighted by Gasteiger charge is 2.33. The number of hydrogen-bond acceptors (Lipinski definition) is 8. The van der Waals surface area contributed by atoms with Gasteiger partial charge in [-0.1, -0.05) is 0 Å². The van der Waals surface area contributed by atoms with Gasteiger partial charge in [-0.05, 0) is 73.2 Å². The summed E-state index contributed by atoms with van der Waals surface area (Å²) in [4.78, 5) is 33.4. The molecule has 5 rings (SSSR count). The summed E-state index contributed by atoms with van der Waals surface area (Å²) in [7, 11) is 1.55. The molecule has 1 saturated heterocycles. The number of halogens is 3. The van der Waals surface area contributed by atoms with Crippen molar-refractivity contribution in [2.24, 2.45) is 0 Å². The van der Waals surface area contributed by atoms with Gasteiger partial charge in [-0.25, -0.2) is 0 Å². The molecule has 10 nitrogen and oxygen atoms in total. The zero-order valence-electron chi connectivity index (χ0n) is 24.0. The van der Waals surface area contributed by atoms with E-state index in [1.54, 1.807) is 56.5 Å². The molecule has 0 radical (unpaired) electrons. The van der Waals surface area contributed by atoms with Gasteiger partial charge in [-0.3, -0.25) is 14.6 Å². The summed E-state index contributed by atoms with van der Waals surface area (Å²) in [5.74, 6) is 0.657. The number of ether oxygens (including phenoxy) is 2. The molecule has 2 aromatic carbocycles. The number of pyridine rings is 1. The summed E-state index contributed by atoms with van der Waals surface area (Å²) < 4.78 is 52.0. The number of alkyl halides is 3. The number of piperazine rings is 1. The second-order valence-corrected chi connectivity index (χ2v) is 9.88. The van der Waals surface area contributed by atoms with E-state index in [0.29, 0.717) is 48.3 Å². The summed E-state index contributed by atoms with van der Waals surface area (Å²) in [5.41, 5.74) is 0.317. The van der Waals surface area contributed by atoms with E-state index in [4.69, 9.17) is 9.47 Å². The molecule has 0 bridgehead atoms. The number of hydrogen-bond donors (Lipinski definition) is 1. The van der Waals surface area contributed by atoms with Crippen molar-refractivity contribution >= 4 is 23.3 Å². The largest absolute Gasteiger partial charge is 0.497 e. The minimum absolute atomic E-state index is 0.0721. The van der Waals surface area contributed by atoms with Crippen LogP contribution in [-0.4, -0.2) is 71.8 Å². The van der Waals surface area contributed by atoms with Crippen molar-refractivity contribution in [1.29, 1.82) is 0 Å². The molecule has 0 spiro atoms. The Bertz CT molecular complexity index is 1620. The van der Waals surface area contributed by atoms with Crippen LogP contribution in [0, 0.1) is 0 Å². The molecule has 0 aliphatic carbocycles. The van der Waals surface area contributed by atoms with Crippen molar-refractivity contribution in [1.82, 2.24) is 20.1 Å². The first-order valence-electron chi connectivity index (χ1n) is 13.8. The third-order valence-corrected chi connectivity index (χ3v) is 6.99. The molecule has 228 valence electrons. The lowest BCUT2D eigenvalue weighted by molar-refractivity contribution is -0.137. The fraction of sp³-hybridized carbons (Fsp3) is 0.258. The second-order valence-electron chi connectivity index (χ2n) is 9.88. The predicted molar refractivity (Wildman–Crippen MR) is 157 cm³/mol. The van der Waals surface area contributed by atoms with Gasteiger partial charge in [0.2, 0.25) is 0 Å². The number of amides is 2. The third-order valence-electron chi connectivity index (χ3n) is 6.99. The highest BCUT2D eigenvalue weighted by atomic mass is 19.4. The summed E-state index contributed by atoms with van der Waals surface area (Å²) in [6, 6.07) is 15.0. The maximum absolute atomic E-state index is 13.8. The van der Waals surface area contributed by atoms with Gasteiger partial charge in [0.05, 0.1) is 25.5 Å². The zero-order chi connectivity index (χ0) is 31.3. The van der Waals surface area contributed by atoms with E-state index in [0.717, 1.165) is 12.1 Å². The average Bonchev–Trinajstić information content (AvgIpc) is 3.04. The van der Waals surface area contributed by atoms with Crippen LogP contribution in [0.3, 0.4) is 0 Å². The Labute approximate surface area is 251 Å². The Morgan fingerprint density at radius 3 is 2.27 bits per heavy atom. The monoisotopic (exact) mass is 606 g/mol. The number of anilines is 2. The van der Waals surface area contributed by atoms with E-state index in [-0.39, 0.29) is 29.9 Å². The molecular formula is C31H29F3N6O4. The normalized spacial score (nSPS) is 13.4. The Morgan fingerprint density at radius 1 is 0.886 bits per heavy atom. The fourth-order valence-electron chi connectivity index (χ4n) is 4.71. The number of carbonyl (C=O) groups excluding carboxylic acids is 2. The summed E-state index contributed by atoms with van der Waals surface area (Å²) >= 11 is 0. The van der Waals surface area contributed by atoms with Crippen LogP contribution in [0.15, 0.2) is 73.1 Å². The van der Waals surface area contributed by atoms with Crippen molar-refractivity contribution in [3.05, 3.63) is 89.9 Å². The maximum Gasteiger partial charge on any atom is 0.416 e. The van der Waals surface area contributed by atoms with E-state index < -0.39 is 23.6 Å². The lowest BCUT2D eigenvalue weighted by Crippen LogP contribution is -2.49. The number of nitrogens with zero attached hydrogens (tertiary/aromatic N) is 5. The fourth-order valence-corrected chi connectivity index (χ4v) is 4.71. The molecule has 2 amide bonds. The first-order chi connectivity index (χ1) is 21.1. The lowest BCUT2D eigenvalue weighted by Gasteiger charge is -2.35. The zero-order valence-corrected chi connectivity index (χ0v) is 24.0. The molecule has 44 heavy (non-hydrogen) atoms. The molecule has 3 heterocycles. The SMILES string of the molecule is CCOc1cncc(-c2cc(C(=O)N3CCN(c4ccc(C(=O)Nc5ccc(OC)cc5)nn4)CC3)cc(C(F)(F)F)c2)c1. The lowest BCUT2D eigenvalue weighted by atomic mass is 9.99. The van der Waals surface area contributed by atoms with Crippen LogP contribution in [-0.2, 0) is 6.18 Å². The molecule has 0 atom stereocenters. The summed E-state index contributed by atoms with van der Waals surface area (Å²) in [6.07, 6.45) is -1.74. The standard InChI is InChI=1S/C31H29F3N6O4/c1-3-44-26-17-22(18-35-19-26)20-14-21(16-23(15-20)31(32,33)34)30(42)40-12-10-39(11-13-40)28-9-8-27(37-38-28)29(41)36-24-4-6-25(43-2)7-5-24/h4-9,14-19H,3,10-13H2,1-2H3,(H,36,41). The molecular weight excluding hydrogens is 577 g/mol.